The molecule has 0 saturated carbocycles. The molecule has 0 aliphatic rings. The van der Waals surface area contributed by atoms with Gasteiger partial charge >= 0.3 is 0 Å². The van der Waals surface area contributed by atoms with Crippen LogP contribution in [0.15, 0.2) is 36.4 Å². The van der Waals surface area contributed by atoms with E-state index < -0.39 is 16.1 Å². The fourth-order valence-corrected chi connectivity index (χ4v) is 4.42. The van der Waals surface area contributed by atoms with Crippen molar-refractivity contribution in [3.8, 4) is 5.75 Å². The lowest BCUT2D eigenvalue weighted by Crippen LogP contribution is -2.50. The van der Waals surface area contributed by atoms with Crippen LogP contribution < -0.4 is 14.4 Å². The van der Waals surface area contributed by atoms with Crippen molar-refractivity contribution in [1.82, 2.24) is 5.32 Å². The maximum Gasteiger partial charge on any atom is 0.244 e. The van der Waals surface area contributed by atoms with Crippen LogP contribution in [-0.2, 0) is 14.8 Å². The number of hydrogen-bond donors (Lipinski definition) is 1. The van der Waals surface area contributed by atoms with Gasteiger partial charge in [0.25, 0.3) is 0 Å². The summed E-state index contributed by atoms with van der Waals surface area (Å²) in [6.45, 7) is 8.04. The van der Waals surface area contributed by atoms with Crippen molar-refractivity contribution < 1.29 is 17.9 Å². The lowest BCUT2D eigenvalue weighted by molar-refractivity contribution is -0.122. The number of halogens is 1. The van der Waals surface area contributed by atoms with Gasteiger partial charge in [-0.15, -0.1) is 0 Å². The van der Waals surface area contributed by atoms with Crippen LogP contribution in [0.3, 0.4) is 0 Å². The van der Waals surface area contributed by atoms with Crippen LogP contribution in [0.25, 0.3) is 0 Å². The van der Waals surface area contributed by atoms with E-state index in [4.69, 9.17) is 16.3 Å². The third-order valence-electron chi connectivity index (χ3n) is 4.89. The molecule has 0 saturated heterocycles. The summed E-state index contributed by atoms with van der Waals surface area (Å²) in [5.74, 6) is 0.242. The highest BCUT2D eigenvalue weighted by atomic mass is 35.5. The van der Waals surface area contributed by atoms with E-state index >= 15 is 0 Å². The molecule has 2 aromatic carbocycles. The Labute approximate surface area is 184 Å². The topological polar surface area (TPSA) is 75.7 Å². The number of rotatable bonds is 9. The molecule has 0 fully saturated rings. The van der Waals surface area contributed by atoms with Crippen LogP contribution >= 0.6 is 11.6 Å². The van der Waals surface area contributed by atoms with Gasteiger partial charge in [0.1, 0.15) is 18.4 Å². The highest BCUT2D eigenvalue weighted by Gasteiger charge is 2.31. The van der Waals surface area contributed by atoms with E-state index in [1.807, 2.05) is 39.0 Å². The number of hydrogen-bond acceptors (Lipinski definition) is 4. The van der Waals surface area contributed by atoms with Gasteiger partial charge in [0, 0.05) is 5.02 Å². The number of ether oxygens (including phenoxy) is 1. The van der Waals surface area contributed by atoms with Gasteiger partial charge in [-0.2, -0.15) is 0 Å². The number of carbonyl (C=O) groups excluding carboxylic acids is 1. The van der Waals surface area contributed by atoms with Gasteiger partial charge in [-0.25, -0.2) is 8.42 Å². The first kappa shape index (κ1) is 24.0. The molecule has 2 aromatic rings. The Kier molecular flexibility index (Phi) is 8.15. The first-order valence-corrected chi connectivity index (χ1v) is 12.0. The summed E-state index contributed by atoms with van der Waals surface area (Å²) >= 11 is 6.08. The van der Waals surface area contributed by atoms with Crippen LogP contribution in [0.2, 0.25) is 5.02 Å². The van der Waals surface area contributed by atoms with Gasteiger partial charge < -0.3 is 10.1 Å². The zero-order valence-electron chi connectivity index (χ0n) is 18.0. The second-order valence-corrected chi connectivity index (χ2v) is 9.57. The van der Waals surface area contributed by atoms with E-state index in [0.29, 0.717) is 22.9 Å². The summed E-state index contributed by atoms with van der Waals surface area (Å²) in [5, 5.41) is 3.39. The highest BCUT2D eigenvalue weighted by molar-refractivity contribution is 7.92. The third-order valence-corrected chi connectivity index (χ3v) is 6.48. The van der Waals surface area contributed by atoms with E-state index in [0.717, 1.165) is 22.9 Å². The van der Waals surface area contributed by atoms with Gasteiger partial charge in [-0.05, 0) is 68.1 Å². The van der Waals surface area contributed by atoms with Crippen molar-refractivity contribution in [3.05, 3.63) is 58.1 Å². The monoisotopic (exact) mass is 452 g/mol. The third kappa shape index (κ3) is 6.12. The minimum Gasteiger partial charge on any atom is -0.492 e. The maximum absolute atomic E-state index is 12.8. The molecular formula is C22H29ClN2O4S. The standard InChI is InChI=1S/C22H29ClN2O4S/c1-6-21(25(30(5,27)28)18-9-7-15(2)17(4)13-18)22(26)24-11-12-29-19-10-8-16(3)20(23)14-19/h7-10,13-14,21H,6,11-12H2,1-5H3,(H,24,26)/t21-/m0/s1. The molecule has 0 unspecified atom stereocenters. The van der Waals surface area contributed by atoms with E-state index in [2.05, 4.69) is 5.32 Å². The number of benzene rings is 2. The predicted molar refractivity (Wildman–Crippen MR) is 122 cm³/mol. The van der Waals surface area contributed by atoms with E-state index in [9.17, 15) is 13.2 Å². The minimum absolute atomic E-state index is 0.240. The Morgan fingerprint density at radius 3 is 2.33 bits per heavy atom. The fourth-order valence-electron chi connectivity index (χ4n) is 3.05. The van der Waals surface area contributed by atoms with E-state index in [1.165, 1.54) is 4.31 Å². The maximum atomic E-state index is 12.8. The normalized spacial score (nSPS) is 12.3. The number of amides is 1. The molecular weight excluding hydrogens is 424 g/mol. The van der Waals surface area contributed by atoms with Crippen molar-refractivity contribution in [3.63, 3.8) is 0 Å². The average Bonchev–Trinajstić information content (AvgIpc) is 2.67. The van der Waals surface area contributed by atoms with Crippen LogP contribution in [0.1, 0.15) is 30.0 Å². The second-order valence-electron chi connectivity index (χ2n) is 7.30. The van der Waals surface area contributed by atoms with Crippen molar-refractivity contribution in [1.29, 1.82) is 0 Å². The largest absolute Gasteiger partial charge is 0.492 e. The van der Waals surface area contributed by atoms with Gasteiger partial charge in [0.15, 0.2) is 0 Å². The van der Waals surface area contributed by atoms with Gasteiger partial charge in [0.2, 0.25) is 15.9 Å². The first-order valence-electron chi connectivity index (χ1n) is 9.78. The summed E-state index contributed by atoms with van der Waals surface area (Å²) in [4.78, 5) is 12.8. The quantitative estimate of drug-likeness (QED) is 0.583. The summed E-state index contributed by atoms with van der Waals surface area (Å²) < 4.78 is 31.8. The molecule has 1 atom stereocenters. The molecule has 0 spiro atoms. The van der Waals surface area contributed by atoms with Crippen LogP contribution in [0.4, 0.5) is 5.69 Å². The lowest BCUT2D eigenvalue weighted by Gasteiger charge is -2.30. The molecule has 164 valence electrons. The number of sulfonamides is 1. The van der Waals surface area contributed by atoms with Crippen molar-refractivity contribution >= 4 is 33.2 Å². The molecule has 0 aliphatic carbocycles. The van der Waals surface area contributed by atoms with Crippen LogP contribution in [-0.4, -0.2) is 39.8 Å². The predicted octanol–water partition coefficient (Wildman–Crippen LogP) is 4.01. The van der Waals surface area contributed by atoms with Crippen molar-refractivity contribution in [2.24, 2.45) is 0 Å². The summed E-state index contributed by atoms with van der Waals surface area (Å²) in [7, 11) is -3.66. The smallest absolute Gasteiger partial charge is 0.244 e. The summed E-state index contributed by atoms with van der Waals surface area (Å²) in [5.41, 5.74) is 3.45. The highest BCUT2D eigenvalue weighted by Crippen LogP contribution is 2.25. The zero-order chi connectivity index (χ0) is 22.5. The molecule has 0 aliphatic heterocycles. The fraction of sp³-hybridized carbons (Fsp3) is 0.409. The molecule has 0 bridgehead atoms. The molecule has 0 aromatic heterocycles. The minimum atomic E-state index is -3.66. The molecule has 30 heavy (non-hydrogen) atoms. The summed E-state index contributed by atoms with van der Waals surface area (Å²) in [6, 6.07) is 9.91. The van der Waals surface area contributed by atoms with Gasteiger partial charge in [-0.3, -0.25) is 9.10 Å². The van der Waals surface area contributed by atoms with Crippen LogP contribution in [0.5, 0.6) is 5.75 Å². The molecule has 1 amide bonds. The van der Waals surface area contributed by atoms with E-state index in [1.54, 1.807) is 25.1 Å². The van der Waals surface area contributed by atoms with Crippen LogP contribution in [0, 0.1) is 20.8 Å². The van der Waals surface area contributed by atoms with Crippen molar-refractivity contribution in [2.45, 2.75) is 40.2 Å². The Balaban J connectivity index is 2.07. The Morgan fingerprint density at radius 1 is 1.10 bits per heavy atom. The number of nitrogens with one attached hydrogen (secondary N) is 1. The van der Waals surface area contributed by atoms with E-state index in [-0.39, 0.29) is 19.1 Å². The first-order chi connectivity index (χ1) is 14.0. The van der Waals surface area contributed by atoms with Crippen molar-refractivity contribution in [2.75, 3.05) is 23.7 Å². The lowest BCUT2D eigenvalue weighted by atomic mass is 10.1. The second kappa shape index (κ2) is 10.2. The van der Waals surface area contributed by atoms with Gasteiger partial charge in [-0.1, -0.05) is 30.7 Å². The SMILES string of the molecule is CC[C@@H](C(=O)NCCOc1ccc(C)c(Cl)c1)N(c1ccc(C)c(C)c1)S(C)(=O)=O. The summed E-state index contributed by atoms with van der Waals surface area (Å²) in [6.07, 6.45) is 1.45. The average molecular weight is 453 g/mol. The van der Waals surface area contributed by atoms with Gasteiger partial charge in [0.05, 0.1) is 18.5 Å². The molecule has 0 radical (unpaired) electrons. The molecule has 2 rings (SSSR count). The number of nitrogens with zero attached hydrogens (tertiary/aromatic N) is 1. The zero-order valence-corrected chi connectivity index (χ0v) is 19.6. The Hall–Kier alpha value is -2.25. The molecule has 8 heteroatoms. The molecule has 1 N–H and O–H groups in total. The molecule has 0 heterocycles. The number of aryl methyl sites for hydroxylation is 3. The Morgan fingerprint density at radius 2 is 1.77 bits per heavy atom. The molecule has 6 nitrogen and oxygen atoms in total. The number of carbonyl (C=O) groups is 1. The number of anilines is 1. The Bertz CT molecular complexity index is 1010.